The van der Waals surface area contributed by atoms with E-state index >= 15 is 0 Å². The number of nitro benzene ring substituents is 1. The van der Waals surface area contributed by atoms with Gasteiger partial charge in [0.25, 0.3) is 5.69 Å². The van der Waals surface area contributed by atoms with Gasteiger partial charge in [-0.15, -0.1) is 0 Å². The number of nitrogens with zero attached hydrogens (tertiary/aromatic N) is 1. The molecule has 1 amide bonds. The summed E-state index contributed by atoms with van der Waals surface area (Å²) >= 11 is 1.43. The summed E-state index contributed by atoms with van der Waals surface area (Å²) in [6.45, 7) is 1.63. The summed E-state index contributed by atoms with van der Waals surface area (Å²) in [4.78, 5) is 22.6. The largest absolute Gasteiger partial charge is 0.348 e. The molecule has 0 aromatic heterocycles. The Morgan fingerprint density at radius 1 is 1.23 bits per heavy atom. The first-order chi connectivity index (χ1) is 14.2. The third kappa shape index (κ3) is 6.25. The van der Waals surface area contributed by atoms with Gasteiger partial charge in [-0.3, -0.25) is 14.9 Å². The van der Waals surface area contributed by atoms with Crippen LogP contribution in [0.5, 0.6) is 0 Å². The monoisotopic (exact) mass is 455 g/mol. The maximum atomic E-state index is 13.9. The fourth-order valence-corrected chi connectivity index (χ4v) is 4.48. The normalized spacial score (nSPS) is 13.4. The quantitative estimate of drug-likeness (QED) is 0.420. The van der Waals surface area contributed by atoms with E-state index in [1.54, 1.807) is 13.0 Å². The van der Waals surface area contributed by atoms with Crippen LogP contribution in [0.4, 0.5) is 10.1 Å². The molecule has 0 spiro atoms. The summed E-state index contributed by atoms with van der Waals surface area (Å²) in [5, 5.41) is 13.6. The molecule has 0 saturated heterocycles. The van der Waals surface area contributed by atoms with E-state index in [0.717, 1.165) is 12.1 Å². The van der Waals surface area contributed by atoms with Crippen LogP contribution in [0.1, 0.15) is 24.9 Å². The van der Waals surface area contributed by atoms with Crippen molar-refractivity contribution in [2.45, 2.75) is 30.3 Å². The molecule has 0 aliphatic heterocycles. The maximum absolute atomic E-state index is 13.9. The van der Waals surface area contributed by atoms with Crippen LogP contribution in [-0.4, -0.2) is 37.3 Å². The molecule has 2 rings (SSSR count). The molecule has 162 valence electrons. The highest BCUT2D eigenvalue weighted by atomic mass is 32.2. The molecule has 0 saturated carbocycles. The molecule has 2 atom stereocenters. The molecule has 0 aliphatic carbocycles. The third-order valence-electron chi connectivity index (χ3n) is 4.29. The maximum Gasteiger partial charge on any atom is 0.269 e. The highest BCUT2D eigenvalue weighted by Crippen LogP contribution is 2.20. The van der Waals surface area contributed by atoms with Gasteiger partial charge in [0.1, 0.15) is 16.8 Å². The van der Waals surface area contributed by atoms with Crippen molar-refractivity contribution in [3.8, 4) is 0 Å². The van der Waals surface area contributed by atoms with Crippen LogP contribution in [0.15, 0.2) is 53.4 Å². The van der Waals surface area contributed by atoms with Crippen molar-refractivity contribution >= 4 is 33.4 Å². The first-order valence-electron chi connectivity index (χ1n) is 8.96. The predicted molar refractivity (Wildman–Crippen MR) is 113 cm³/mol. The minimum absolute atomic E-state index is 0.118. The summed E-state index contributed by atoms with van der Waals surface area (Å²) in [6.07, 6.45) is 1.99. The fourth-order valence-electron chi connectivity index (χ4n) is 2.70. The van der Waals surface area contributed by atoms with E-state index in [4.69, 9.17) is 0 Å². The molecule has 0 heterocycles. The number of nitrogens with one attached hydrogen (secondary N) is 2. The van der Waals surface area contributed by atoms with E-state index in [9.17, 15) is 27.7 Å². The van der Waals surface area contributed by atoms with Crippen molar-refractivity contribution in [2.24, 2.45) is 0 Å². The van der Waals surface area contributed by atoms with Crippen LogP contribution < -0.4 is 10.0 Å². The molecule has 2 aromatic rings. The fraction of sp³-hybridized carbons (Fsp3) is 0.316. The van der Waals surface area contributed by atoms with E-state index in [-0.39, 0.29) is 12.1 Å². The Hall–Kier alpha value is -2.50. The molecule has 30 heavy (non-hydrogen) atoms. The summed E-state index contributed by atoms with van der Waals surface area (Å²) < 4.78 is 41.4. The van der Waals surface area contributed by atoms with Crippen molar-refractivity contribution in [3.63, 3.8) is 0 Å². The van der Waals surface area contributed by atoms with Crippen LogP contribution in [0.3, 0.4) is 0 Å². The molecular weight excluding hydrogens is 433 g/mol. The third-order valence-corrected chi connectivity index (χ3v) is 6.44. The zero-order valence-electron chi connectivity index (χ0n) is 16.4. The SMILES string of the molecule is CSCCC(NS(=O)(=O)c1ccccc1F)C(=O)NC(C)c1cccc([N+](=O)[O-])c1. The number of rotatable bonds is 10. The number of hydrogen-bond acceptors (Lipinski definition) is 6. The minimum atomic E-state index is -4.27. The number of thioether (sulfide) groups is 1. The molecular formula is C19H22FN3O5S2. The Kier molecular flexibility index (Phi) is 8.33. The molecule has 0 fully saturated rings. The zero-order chi connectivity index (χ0) is 22.3. The summed E-state index contributed by atoms with van der Waals surface area (Å²) in [6, 6.07) is 8.96. The molecule has 0 bridgehead atoms. The smallest absolute Gasteiger partial charge is 0.269 e. The second-order valence-electron chi connectivity index (χ2n) is 6.47. The Balaban J connectivity index is 2.20. The number of amides is 1. The lowest BCUT2D eigenvalue weighted by atomic mass is 10.1. The lowest BCUT2D eigenvalue weighted by Crippen LogP contribution is -2.47. The van der Waals surface area contributed by atoms with Gasteiger partial charge in [-0.2, -0.15) is 16.5 Å². The van der Waals surface area contributed by atoms with Gasteiger partial charge < -0.3 is 5.32 Å². The van der Waals surface area contributed by atoms with E-state index in [2.05, 4.69) is 10.0 Å². The standard InChI is InChI=1S/C19H22FN3O5S2/c1-13(14-6-5-7-15(12-14)23(25)26)21-19(24)17(10-11-29-2)22-30(27,28)18-9-4-3-8-16(18)20/h3-9,12-13,17,22H,10-11H2,1-2H3,(H,21,24). The van der Waals surface area contributed by atoms with Gasteiger partial charge in [-0.05, 0) is 43.0 Å². The van der Waals surface area contributed by atoms with E-state index in [1.807, 2.05) is 6.26 Å². The van der Waals surface area contributed by atoms with Crippen molar-refractivity contribution in [1.29, 1.82) is 0 Å². The molecule has 0 aliphatic rings. The first-order valence-corrected chi connectivity index (χ1v) is 11.8. The molecule has 0 radical (unpaired) electrons. The Morgan fingerprint density at radius 3 is 2.57 bits per heavy atom. The molecule has 2 aromatic carbocycles. The van der Waals surface area contributed by atoms with Gasteiger partial charge in [0.15, 0.2) is 0 Å². The van der Waals surface area contributed by atoms with Crippen LogP contribution in [0.25, 0.3) is 0 Å². The summed E-state index contributed by atoms with van der Waals surface area (Å²) in [5.41, 5.74) is 0.380. The number of nitro groups is 1. The van der Waals surface area contributed by atoms with Gasteiger partial charge >= 0.3 is 0 Å². The lowest BCUT2D eigenvalue weighted by molar-refractivity contribution is -0.384. The second-order valence-corrected chi connectivity index (χ2v) is 9.14. The minimum Gasteiger partial charge on any atom is -0.348 e. The first kappa shape index (κ1) is 23.8. The molecule has 8 nitrogen and oxygen atoms in total. The van der Waals surface area contributed by atoms with Crippen LogP contribution in [-0.2, 0) is 14.8 Å². The average Bonchev–Trinajstić information content (AvgIpc) is 2.71. The number of hydrogen-bond donors (Lipinski definition) is 2. The second kappa shape index (κ2) is 10.5. The number of carbonyl (C=O) groups is 1. The van der Waals surface area contributed by atoms with E-state index in [1.165, 1.54) is 42.1 Å². The number of non-ortho nitro benzene ring substituents is 1. The molecule has 2 unspecified atom stereocenters. The van der Waals surface area contributed by atoms with E-state index < -0.39 is 43.7 Å². The van der Waals surface area contributed by atoms with Crippen LogP contribution in [0.2, 0.25) is 0 Å². The number of carbonyl (C=O) groups excluding carboxylic acids is 1. The van der Waals surface area contributed by atoms with Crippen molar-refractivity contribution in [3.05, 3.63) is 70.0 Å². The van der Waals surface area contributed by atoms with E-state index in [0.29, 0.717) is 11.3 Å². The highest BCUT2D eigenvalue weighted by molar-refractivity contribution is 7.98. The van der Waals surface area contributed by atoms with Crippen molar-refractivity contribution < 1.29 is 22.5 Å². The molecule has 11 heteroatoms. The van der Waals surface area contributed by atoms with Crippen molar-refractivity contribution in [2.75, 3.05) is 12.0 Å². The summed E-state index contributed by atoms with van der Waals surface area (Å²) in [5.74, 6) is -1.04. The van der Waals surface area contributed by atoms with Gasteiger partial charge in [-0.25, -0.2) is 12.8 Å². The Labute approximate surface area is 178 Å². The van der Waals surface area contributed by atoms with Crippen molar-refractivity contribution in [1.82, 2.24) is 10.0 Å². The summed E-state index contributed by atoms with van der Waals surface area (Å²) in [7, 11) is -4.27. The Morgan fingerprint density at radius 2 is 1.93 bits per heavy atom. The topological polar surface area (TPSA) is 118 Å². The van der Waals surface area contributed by atoms with Crippen LogP contribution >= 0.6 is 11.8 Å². The lowest BCUT2D eigenvalue weighted by Gasteiger charge is -2.21. The van der Waals surface area contributed by atoms with Gasteiger partial charge in [0.05, 0.1) is 11.0 Å². The number of benzene rings is 2. The highest BCUT2D eigenvalue weighted by Gasteiger charge is 2.28. The average molecular weight is 456 g/mol. The zero-order valence-corrected chi connectivity index (χ0v) is 18.0. The Bertz CT molecular complexity index is 1020. The van der Waals surface area contributed by atoms with Gasteiger partial charge in [0.2, 0.25) is 15.9 Å². The number of halogens is 1. The van der Waals surface area contributed by atoms with Gasteiger partial charge in [0, 0.05) is 12.1 Å². The number of sulfonamides is 1. The molecule has 2 N–H and O–H groups in total. The van der Waals surface area contributed by atoms with Crippen LogP contribution in [0, 0.1) is 15.9 Å². The predicted octanol–water partition coefficient (Wildman–Crippen LogP) is 3.01. The van der Waals surface area contributed by atoms with Gasteiger partial charge in [-0.1, -0.05) is 24.3 Å².